The number of fused-ring (bicyclic) bond motifs is 2. The van der Waals surface area contributed by atoms with E-state index in [1.165, 1.54) is 33.3 Å². The maximum atomic E-state index is 3.63. The molecule has 3 aromatic rings. The van der Waals surface area contributed by atoms with Crippen molar-refractivity contribution in [2.45, 2.75) is 0 Å². The van der Waals surface area contributed by atoms with E-state index >= 15 is 0 Å². The molecule has 0 saturated heterocycles. The maximum absolute atomic E-state index is 3.63. The van der Waals surface area contributed by atoms with Crippen molar-refractivity contribution in [3.8, 4) is 11.1 Å². The van der Waals surface area contributed by atoms with Gasteiger partial charge in [-0.05, 0) is 29.1 Å². The zero-order valence-electron chi connectivity index (χ0n) is 9.57. The molecular formula is C16H10BrN. The van der Waals surface area contributed by atoms with E-state index in [-0.39, 0.29) is 0 Å². The Bertz CT molecular complexity index is 777. The van der Waals surface area contributed by atoms with Crippen molar-refractivity contribution in [1.82, 2.24) is 0 Å². The first kappa shape index (κ1) is 10.2. The van der Waals surface area contributed by atoms with E-state index < -0.39 is 0 Å². The molecule has 0 spiro atoms. The fourth-order valence-electron chi connectivity index (χ4n) is 2.67. The zero-order valence-corrected chi connectivity index (χ0v) is 11.2. The molecule has 0 atom stereocenters. The van der Waals surface area contributed by atoms with Crippen molar-refractivity contribution in [1.29, 1.82) is 0 Å². The van der Waals surface area contributed by atoms with Gasteiger partial charge in [0.25, 0.3) is 0 Å². The van der Waals surface area contributed by atoms with Crippen molar-refractivity contribution < 1.29 is 0 Å². The molecule has 0 aromatic heterocycles. The minimum Gasteiger partial charge on any atom is -0.354 e. The number of halogens is 1. The van der Waals surface area contributed by atoms with Crippen LogP contribution in [0, 0.1) is 0 Å². The van der Waals surface area contributed by atoms with E-state index in [0.717, 1.165) is 4.47 Å². The van der Waals surface area contributed by atoms with E-state index in [1.54, 1.807) is 0 Å². The summed E-state index contributed by atoms with van der Waals surface area (Å²) in [7, 11) is 0. The summed E-state index contributed by atoms with van der Waals surface area (Å²) in [5.41, 5.74) is 4.94. The second-order valence-electron chi connectivity index (χ2n) is 4.49. The monoisotopic (exact) mass is 295 g/mol. The van der Waals surface area contributed by atoms with E-state index in [1.807, 2.05) is 0 Å². The quantitative estimate of drug-likeness (QED) is 0.462. The fraction of sp³-hybridized carbons (Fsp3) is 0. The van der Waals surface area contributed by atoms with Crippen LogP contribution >= 0.6 is 15.9 Å². The molecule has 18 heavy (non-hydrogen) atoms. The predicted octanol–water partition coefficient (Wildman–Crippen LogP) is 5.33. The summed E-state index contributed by atoms with van der Waals surface area (Å²) in [6.45, 7) is 0. The van der Waals surface area contributed by atoms with Crippen LogP contribution < -0.4 is 5.32 Å². The van der Waals surface area contributed by atoms with Gasteiger partial charge in [-0.1, -0.05) is 52.3 Å². The molecule has 0 amide bonds. The van der Waals surface area contributed by atoms with E-state index in [2.05, 4.69) is 75.8 Å². The van der Waals surface area contributed by atoms with Gasteiger partial charge in [0, 0.05) is 26.8 Å². The molecule has 1 aliphatic rings. The lowest BCUT2D eigenvalue weighted by Crippen LogP contribution is -2.00. The van der Waals surface area contributed by atoms with E-state index in [9.17, 15) is 0 Å². The largest absolute Gasteiger partial charge is 0.354 e. The molecule has 1 heterocycles. The van der Waals surface area contributed by atoms with Crippen LogP contribution in [0.25, 0.3) is 21.9 Å². The van der Waals surface area contributed by atoms with Gasteiger partial charge in [0.05, 0.1) is 0 Å². The maximum Gasteiger partial charge on any atom is 0.0471 e. The molecule has 0 unspecified atom stereocenters. The van der Waals surface area contributed by atoms with Gasteiger partial charge in [-0.15, -0.1) is 0 Å². The molecule has 1 aliphatic heterocycles. The van der Waals surface area contributed by atoms with Gasteiger partial charge in [0.1, 0.15) is 0 Å². The molecule has 1 nitrogen and oxygen atoms in total. The molecule has 2 heteroatoms. The van der Waals surface area contributed by atoms with Crippen LogP contribution in [-0.4, -0.2) is 0 Å². The topological polar surface area (TPSA) is 12.0 Å². The smallest absolute Gasteiger partial charge is 0.0471 e. The first-order chi connectivity index (χ1) is 8.84. The number of nitrogens with one attached hydrogen (secondary N) is 1. The summed E-state index contributed by atoms with van der Waals surface area (Å²) in [6.07, 6.45) is 0. The number of rotatable bonds is 0. The Balaban J connectivity index is 2.22. The second-order valence-corrected chi connectivity index (χ2v) is 5.35. The van der Waals surface area contributed by atoms with E-state index in [4.69, 9.17) is 0 Å². The van der Waals surface area contributed by atoms with Gasteiger partial charge in [-0.2, -0.15) is 0 Å². The molecule has 1 N–H and O–H groups in total. The van der Waals surface area contributed by atoms with Gasteiger partial charge < -0.3 is 5.32 Å². The van der Waals surface area contributed by atoms with Gasteiger partial charge in [-0.25, -0.2) is 0 Å². The molecule has 86 valence electrons. The fourth-order valence-corrected chi connectivity index (χ4v) is 3.13. The average Bonchev–Trinajstić information content (AvgIpc) is 2.43. The highest BCUT2D eigenvalue weighted by Crippen LogP contribution is 2.44. The molecule has 3 aromatic carbocycles. The normalized spacial score (nSPS) is 12.1. The van der Waals surface area contributed by atoms with Crippen LogP contribution in [0.4, 0.5) is 11.4 Å². The number of anilines is 2. The van der Waals surface area contributed by atoms with Crippen LogP contribution in [0.5, 0.6) is 0 Å². The summed E-state index contributed by atoms with van der Waals surface area (Å²) in [5.74, 6) is 0. The van der Waals surface area contributed by atoms with Gasteiger partial charge in [0.15, 0.2) is 0 Å². The Labute approximate surface area is 114 Å². The molecule has 0 radical (unpaired) electrons. The van der Waals surface area contributed by atoms with Crippen LogP contribution in [0.3, 0.4) is 0 Å². The van der Waals surface area contributed by atoms with Crippen molar-refractivity contribution in [2.24, 2.45) is 0 Å². The number of hydrogen-bond acceptors (Lipinski definition) is 1. The lowest BCUT2D eigenvalue weighted by molar-refractivity contribution is 1.52. The summed E-state index contributed by atoms with van der Waals surface area (Å²) in [4.78, 5) is 0. The highest BCUT2D eigenvalue weighted by atomic mass is 79.9. The molecule has 4 rings (SSSR count). The third-order valence-corrected chi connectivity index (χ3v) is 4.17. The lowest BCUT2D eigenvalue weighted by atomic mass is 9.93. The van der Waals surface area contributed by atoms with Crippen molar-refractivity contribution in [3.63, 3.8) is 0 Å². The predicted molar refractivity (Wildman–Crippen MR) is 80.4 cm³/mol. The van der Waals surface area contributed by atoms with Gasteiger partial charge in [-0.3, -0.25) is 0 Å². The molecule has 0 aliphatic carbocycles. The summed E-state index contributed by atoms with van der Waals surface area (Å²) >= 11 is 3.63. The first-order valence-electron chi connectivity index (χ1n) is 5.92. The van der Waals surface area contributed by atoms with Crippen LogP contribution in [0.1, 0.15) is 0 Å². The summed E-state index contributed by atoms with van der Waals surface area (Å²) in [6, 6.07) is 19.1. The number of hydrogen-bond donors (Lipinski definition) is 1. The highest BCUT2D eigenvalue weighted by molar-refractivity contribution is 9.10. The SMILES string of the molecule is Brc1ccc2c3c(cccc13)-c1ccccc1N2. The Kier molecular flexibility index (Phi) is 2.03. The van der Waals surface area contributed by atoms with Crippen LogP contribution in [0.15, 0.2) is 59.1 Å². The van der Waals surface area contributed by atoms with Crippen LogP contribution in [-0.2, 0) is 0 Å². The number of benzene rings is 3. The molecular weight excluding hydrogens is 286 g/mol. The van der Waals surface area contributed by atoms with Crippen molar-refractivity contribution in [2.75, 3.05) is 5.32 Å². The molecule has 0 fully saturated rings. The molecule has 0 bridgehead atoms. The third-order valence-electron chi connectivity index (χ3n) is 3.47. The minimum atomic E-state index is 1.14. The van der Waals surface area contributed by atoms with Crippen molar-refractivity contribution in [3.05, 3.63) is 59.1 Å². The molecule has 0 saturated carbocycles. The third kappa shape index (κ3) is 1.27. The Morgan fingerprint density at radius 3 is 2.50 bits per heavy atom. The van der Waals surface area contributed by atoms with Crippen molar-refractivity contribution >= 4 is 38.1 Å². The Morgan fingerprint density at radius 2 is 1.56 bits per heavy atom. The second kappa shape index (κ2) is 3.59. The standard InChI is InChI=1S/C16H10BrN/c17-13-8-9-15-16-11(5-3-6-12(13)16)10-4-1-2-7-14(10)18-15/h1-9,18H. The lowest BCUT2D eigenvalue weighted by Gasteiger charge is -2.22. The summed E-state index contributed by atoms with van der Waals surface area (Å²) < 4.78 is 1.14. The van der Waals surface area contributed by atoms with Gasteiger partial charge in [0.2, 0.25) is 0 Å². The average molecular weight is 296 g/mol. The highest BCUT2D eigenvalue weighted by Gasteiger charge is 2.17. The minimum absolute atomic E-state index is 1.14. The zero-order chi connectivity index (χ0) is 12.1. The van der Waals surface area contributed by atoms with Gasteiger partial charge >= 0.3 is 0 Å². The Morgan fingerprint density at radius 1 is 0.722 bits per heavy atom. The van der Waals surface area contributed by atoms with Crippen LogP contribution in [0.2, 0.25) is 0 Å². The first-order valence-corrected chi connectivity index (χ1v) is 6.71. The van der Waals surface area contributed by atoms with E-state index in [0.29, 0.717) is 0 Å². The Hall–Kier alpha value is -1.80. The number of para-hydroxylation sites is 1. The summed E-state index contributed by atoms with van der Waals surface area (Å²) in [5, 5.41) is 6.06.